The average Bonchev–Trinajstić information content (AvgIpc) is 2.79. The SMILES string of the molecule is C1=CC2C3CCC(C3)C2C1.CC=O. The van der Waals surface area contributed by atoms with Gasteiger partial charge in [0.25, 0.3) is 0 Å². The van der Waals surface area contributed by atoms with Crippen LogP contribution in [-0.2, 0) is 4.79 Å². The van der Waals surface area contributed by atoms with E-state index in [-0.39, 0.29) is 0 Å². The number of allylic oxidation sites excluding steroid dienone is 2. The molecular weight excluding hydrogens is 160 g/mol. The number of rotatable bonds is 0. The Bertz CT molecular complexity index is 219. The zero-order chi connectivity index (χ0) is 9.26. The number of carbonyl (C=O) groups excluding carboxylic acids is 1. The zero-order valence-corrected chi connectivity index (χ0v) is 8.28. The summed E-state index contributed by atoms with van der Waals surface area (Å²) in [6.45, 7) is 1.44. The molecule has 0 aromatic heterocycles. The van der Waals surface area contributed by atoms with Gasteiger partial charge in [0.1, 0.15) is 6.29 Å². The molecular formula is C12H18O. The molecule has 1 heteroatoms. The van der Waals surface area contributed by atoms with Gasteiger partial charge in [-0.1, -0.05) is 12.2 Å². The van der Waals surface area contributed by atoms with Crippen molar-refractivity contribution in [2.24, 2.45) is 23.7 Å². The predicted molar refractivity (Wildman–Crippen MR) is 53.3 cm³/mol. The third-order valence-electron chi connectivity index (χ3n) is 3.92. The summed E-state index contributed by atoms with van der Waals surface area (Å²) in [6.07, 6.45) is 11.7. The van der Waals surface area contributed by atoms with E-state index in [2.05, 4.69) is 12.2 Å². The lowest BCUT2D eigenvalue weighted by atomic mass is 9.82. The molecule has 0 spiro atoms. The molecule has 3 aliphatic rings. The van der Waals surface area contributed by atoms with E-state index in [9.17, 15) is 0 Å². The minimum Gasteiger partial charge on any atom is -0.304 e. The van der Waals surface area contributed by atoms with Crippen molar-refractivity contribution in [2.75, 3.05) is 0 Å². The van der Waals surface area contributed by atoms with E-state index in [1.54, 1.807) is 12.8 Å². The number of aldehydes is 1. The van der Waals surface area contributed by atoms with Gasteiger partial charge in [-0.15, -0.1) is 0 Å². The Kier molecular flexibility index (Phi) is 2.52. The molecule has 0 aromatic rings. The smallest absolute Gasteiger partial charge is 0.116 e. The van der Waals surface area contributed by atoms with Gasteiger partial charge in [0.05, 0.1) is 0 Å². The lowest BCUT2D eigenvalue weighted by molar-refractivity contribution is -0.106. The molecule has 3 aliphatic carbocycles. The van der Waals surface area contributed by atoms with E-state index >= 15 is 0 Å². The van der Waals surface area contributed by atoms with Crippen LogP contribution in [0.2, 0.25) is 0 Å². The maximum atomic E-state index is 8.81. The second kappa shape index (κ2) is 3.65. The van der Waals surface area contributed by atoms with E-state index < -0.39 is 0 Å². The van der Waals surface area contributed by atoms with Crippen LogP contribution in [0.15, 0.2) is 12.2 Å². The van der Waals surface area contributed by atoms with Crippen LogP contribution >= 0.6 is 0 Å². The second-order valence-electron chi connectivity index (χ2n) is 4.47. The summed E-state index contributed by atoms with van der Waals surface area (Å²) in [7, 11) is 0. The molecule has 2 saturated carbocycles. The molecule has 0 saturated heterocycles. The molecule has 72 valence electrons. The Hall–Kier alpha value is -0.590. The lowest BCUT2D eigenvalue weighted by Gasteiger charge is -2.23. The fourth-order valence-corrected chi connectivity index (χ4v) is 3.50. The summed E-state index contributed by atoms with van der Waals surface area (Å²) in [5, 5.41) is 0. The number of hydrogen-bond acceptors (Lipinski definition) is 1. The molecule has 0 aromatic carbocycles. The van der Waals surface area contributed by atoms with Crippen molar-refractivity contribution >= 4 is 6.29 Å². The van der Waals surface area contributed by atoms with Crippen molar-refractivity contribution in [3.63, 3.8) is 0 Å². The Morgan fingerprint density at radius 1 is 1.31 bits per heavy atom. The van der Waals surface area contributed by atoms with Crippen LogP contribution in [0.5, 0.6) is 0 Å². The number of hydrogen-bond donors (Lipinski definition) is 0. The quantitative estimate of drug-likeness (QED) is 0.412. The van der Waals surface area contributed by atoms with Crippen molar-refractivity contribution in [3.8, 4) is 0 Å². The molecule has 0 aliphatic heterocycles. The second-order valence-corrected chi connectivity index (χ2v) is 4.47. The third kappa shape index (κ3) is 1.45. The van der Waals surface area contributed by atoms with E-state index in [4.69, 9.17) is 4.79 Å². The fraction of sp³-hybridized carbons (Fsp3) is 0.750. The first kappa shape index (κ1) is 8.98. The first-order valence-corrected chi connectivity index (χ1v) is 5.43. The minimum atomic E-state index is 0.750. The van der Waals surface area contributed by atoms with Crippen LogP contribution in [0.3, 0.4) is 0 Å². The Labute approximate surface area is 80.2 Å². The largest absolute Gasteiger partial charge is 0.304 e. The summed E-state index contributed by atoms with van der Waals surface area (Å²) in [5.74, 6) is 4.36. The van der Waals surface area contributed by atoms with Crippen LogP contribution in [0, 0.1) is 23.7 Å². The number of fused-ring (bicyclic) bond motifs is 5. The highest BCUT2D eigenvalue weighted by Crippen LogP contribution is 2.56. The molecule has 3 rings (SSSR count). The van der Waals surface area contributed by atoms with E-state index in [1.165, 1.54) is 19.8 Å². The summed E-state index contributed by atoms with van der Waals surface area (Å²) >= 11 is 0. The van der Waals surface area contributed by atoms with Gasteiger partial charge in [-0.25, -0.2) is 0 Å². The lowest BCUT2D eigenvalue weighted by Crippen LogP contribution is -2.16. The first-order chi connectivity index (χ1) is 6.36. The molecule has 0 radical (unpaired) electrons. The van der Waals surface area contributed by atoms with Crippen molar-refractivity contribution in [3.05, 3.63) is 12.2 Å². The molecule has 1 nitrogen and oxygen atoms in total. The fourth-order valence-electron chi connectivity index (χ4n) is 3.50. The van der Waals surface area contributed by atoms with Gasteiger partial charge < -0.3 is 4.79 Å². The van der Waals surface area contributed by atoms with Crippen LogP contribution in [0.25, 0.3) is 0 Å². The van der Waals surface area contributed by atoms with Crippen LogP contribution in [0.4, 0.5) is 0 Å². The van der Waals surface area contributed by atoms with Crippen molar-refractivity contribution < 1.29 is 4.79 Å². The average molecular weight is 178 g/mol. The minimum absolute atomic E-state index is 0.750. The molecule has 4 atom stereocenters. The van der Waals surface area contributed by atoms with Crippen molar-refractivity contribution in [2.45, 2.75) is 32.6 Å². The monoisotopic (exact) mass is 178 g/mol. The highest BCUT2D eigenvalue weighted by Gasteiger charge is 2.47. The van der Waals surface area contributed by atoms with E-state index in [0.29, 0.717) is 0 Å². The van der Waals surface area contributed by atoms with Gasteiger partial charge in [-0.05, 0) is 56.3 Å². The zero-order valence-electron chi connectivity index (χ0n) is 8.28. The maximum Gasteiger partial charge on any atom is 0.116 e. The summed E-state index contributed by atoms with van der Waals surface area (Å²) in [5.41, 5.74) is 0. The molecule has 13 heavy (non-hydrogen) atoms. The third-order valence-corrected chi connectivity index (χ3v) is 3.92. The van der Waals surface area contributed by atoms with Gasteiger partial charge >= 0.3 is 0 Å². The Balaban J connectivity index is 0.000000196. The van der Waals surface area contributed by atoms with E-state index in [0.717, 1.165) is 30.0 Å². The summed E-state index contributed by atoms with van der Waals surface area (Å²) < 4.78 is 0. The van der Waals surface area contributed by atoms with Gasteiger partial charge in [0, 0.05) is 0 Å². The van der Waals surface area contributed by atoms with Gasteiger partial charge in [-0.2, -0.15) is 0 Å². The van der Waals surface area contributed by atoms with Crippen molar-refractivity contribution in [1.82, 2.24) is 0 Å². The molecule has 0 amide bonds. The highest BCUT2D eigenvalue weighted by molar-refractivity contribution is 5.44. The number of carbonyl (C=O) groups is 1. The van der Waals surface area contributed by atoms with Gasteiger partial charge in [0.2, 0.25) is 0 Å². The van der Waals surface area contributed by atoms with Crippen molar-refractivity contribution in [1.29, 1.82) is 0 Å². The van der Waals surface area contributed by atoms with Crippen LogP contribution in [0.1, 0.15) is 32.6 Å². The predicted octanol–water partition coefficient (Wildman–Crippen LogP) is 2.81. The summed E-state index contributed by atoms with van der Waals surface area (Å²) in [4.78, 5) is 8.81. The van der Waals surface area contributed by atoms with Gasteiger partial charge in [0.15, 0.2) is 0 Å². The molecule has 0 heterocycles. The maximum absolute atomic E-state index is 8.81. The Morgan fingerprint density at radius 3 is 2.69 bits per heavy atom. The van der Waals surface area contributed by atoms with Gasteiger partial charge in [-0.3, -0.25) is 0 Å². The summed E-state index contributed by atoms with van der Waals surface area (Å²) in [6, 6.07) is 0. The van der Waals surface area contributed by atoms with Crippen LogP contribution < -0.4 is 0 Å². The highest BCUT2D eigenvalue weighted by atomic mass is 16.1. The molecule has 2 bridgehead atoms. The standard InChI is InChI=1S/C10H14.C2H4O/c1-2-9-7-4-5-8(6-7)10(9)3-1;1-2-3/h1-2,7-10H,3-6H2;2H,1H3. The Morgan fingerprint density at radius 2 is 2.00 bits per heavy atom. The molecule has 2 fully saturated rings. The van der Waals surface area contributed by atoms with E-state index in [1.807, 2.05) is 0 Å². The first-order valence-electron chi connectivity index (χ1n) is 5.43. The normalized spacial score (nSPS) is 44.1. The molecule has 4 unspecified atom stereocenters. The topological polar surface area (TPSA) is 17.1 Å². The van der Waals surface area contributed by atoms with Crippen LogP contribution in [-0.4, -0.2) is 6.29 Å². The molecule has 0 N–H and O–H groups in total.